The summed E-state index contributed by atoms with van der Waals surface area (Å²) in [4.78, 5) is 12.5. The number of nitrogens with zero attached hydrogens (tertiary/aromatic N) is 4. The normalized spacial score (nSPS) is 15.0. The predicted octanol–water partition coefficient (Wildman–Crippen LogP) is 3.25. The van der Waals surface area contributed by atoms with Crippen LogP contribution in [-0.4, -0.2) is 27.6 Å². The van der Waals surface area contributed by atoms with Crippen molar-refractivity contribution in [2.24, 2.45) is 0 Å². The van der Waals surface area contributed by atoms with Crippen LogP contribution in [0.15, 0.2) is 41.4 Å². The van der Waals surface area contributed by atoms with E-state index in [1.165, 1.54) is 12.8 Å². The number of aromatic nitrogens is 3. The van der Waals surface area contributed by atoms with Crippen molar-refractivity contribution in [1.29, 1.82) is 0 Å². The number of rotatable bonds is 4. The Morgan fingerprint density at radius 2 is 2.14 bits per heavy atom. The maximum absolute atomic E-state index is 5.42. The van der Waals surface area contributed by atoms with Crippen molar-refractivity contribution in [3.05, 3.63) is 42.7 Å². The maximum Gasteiger partial charge on any atom is 0.185 e. The van der Waals surface area contributed by atoms with Crippen LogP contribution < -0.4 is 4.90 Å². The summed E-state index contributed by atoms with van der Waals surface area (Å²) in [5.41, 5.74) is 0. The lowest BCUT2D eigenvalue weighted by atomic mass is 10.4. The molecule has 0 atom stereocenters. The van der Waals surface area contributed by atoms with Crippen LogP contribution in [0.4, 0.5) is 5.13 Å². The zero-order valence-corrected chi connectivity index (χ0v) is 12.4. The number of furan rings is 1. The van der Waals surface area contributed by atoms with E-state index >= 15 is 0 Å². The predicted molar refractivity (Wildman–Crippen MR) is 82.6 cm³/mol. The molecule has 4 heterocycles. The summed E-state index contributed by atoms with van der Waals surface area (Å²) in [6.45, 7) is 2.93. The molecule has 0 bridgehead atoms. The van der Waals surface area contributed by atoms with E-state index in [0.29, 0.717) is 6.54 Å². The average molecular weight is 300 g/mol. The molecule has 0 aliphatic carbocycles. The molecule has 0 aromatic carbocycles. The van der Waals surface area contributed by atoms with Crippen LogP contribution in [0.2, 0.25) is 0 Å². The van der Waals surface area contributed by atoms with Gasteiger partial charge in [-0.05, 0) is 25.0 Å². The zero-order chi connectivity index (χ0) is 14.1. The lowest BCUT2D eigenvalue weighted by Crippen LogP contribution is -2.16. The number of anilines is 1. The number of hydrogen-bond donors (Lipinski definition) is 0. The minimum Gasteiger partial charge on any atom is -0.467 e. The molecule has 3 aromatic rings. The van der Waals surface area contributed by atoms with Gasteiger partial charge in [-0.25, -0.2) is 9.97 Å². The van der Waals surface area contributed by atoms with Gasteiger partial charge in [-0.1, -0.05) is 11.3 Å². The Morgan fingerprint density at radius 1 is 1.24 bits per heavy atom. The number of thiazole rings is 1. The minimum absolute atomic E-state index is 0.694. The third kappa shape index (κ3) is 2.47. The van der Waals surface area contributed by atoms with E-state index in [4.69, 9.17) is 4.42 Å². The fraction of sp³-hybridized carbons (Fsp3) is 0.333. The van der Waals surface area contributed by atoms with E-state index in [9.17, 15) is 0 Å². The van der Waals surface area contributed by atoms with E-state index in [1.807, 2.05) is 30.7 Å². The summed E-state index contributed by atoms with van der Waals surface area (Å²) < 4.78 is 7.51. The number of imidazole rings is 1. The molecule has 1 saturated heterocycles. The second-order valence-electron chi connectivity index (χ2n) is 5.16. The fourth-order valence-electron chi connectivity index (χ4n) is 2.66. The van der Waals surface area contributed by atoms with Crippen molar-refractivity contribution in [2.45, 2.75) is 19.4 Å². The molecule has 3 aromatic heterocycles. The molecule has 1 aliphatic rings. The SMILES string of the molecule is c1coc(Cn2ccnc2-c2cnc(N3CCCC3)s2)c1. The van der Waals surface area contributed by atoms with Crippen LogP contribution in [0.3, 0.4) is 0 Å². The van der Waals surface area contributed by atoms with Crippen molar-refractivity contribution >= 4 is 16.5 Å². The first kappa shape index (κ1) is 12.6. The highest BCUT2D eigenvalue weighted by Gasteiger charge is 2.17. The largest absolute Gasteiger partial charge is 0.467 e. The highest BCUT2D eigenvalue weighted by molar-refractivity contribution is 7.18. The molecule has 6 heteroatoms. The van der Waals surface area contributed by atoms with E-state index in [0.717, 1.165) is 34.7 Å². The molecular formula is C15H16N4OS. The van der Waals surface area contributed by atoms with Crippen LogP contribution in [0.25, 0.3) is 10.7 Å². The lowest BCUT2D eigenvalue weighted by Gasteiger charge is -2.12. The first-order valence-electron chi connectivity index (χ1n) is 7.15. The molecule has 1 fully saturated rings. The summed E-state index contributed by atoms with van der Waals surface area (Å²) in [5.74, 6) is 1.88. The third-order valence-corrected chi connectivity index (χ3v) is 4.77. The van der Waals surface area contributed by atoms with Crippen molar-refractivity contribution in [3.63, 3.8) is 0 Å². The van der Waals surface area contributed by atoms with E-state index in [1.54, 1.807) is 17.6 Å². The maximum atomic E-state index is 5.42. The Labute approximate surface area is 126 Å². The van der Waals surface area contributed by atoms with E-state index in [-0.39, 0.29) is 0 Å². The third-order valence-electron chi connectivity index (χ3n) is 3.71. The molecule has 0 amide bonds. The monoisotopic (exact) mass is 300 g/mol. The van der Waals surface area contributed by atoms with Gasteiger partial charge in [0.1, 0.15) is 5.76 Å². The Bertz CT molecular complexity index is 710. The van der Waals surface area contributed by atoms with Gasteiger partial charge in [0.25, 0.3) is 0 Å². The van der Waals surface area contributed by atoms with Gasteiger partial charge in [-0.2, -0.15) is 0 Å². The summed E-state index contributed by atoms with van der Waals surface area (Å²) in [7, 11) is 0. The van der Waals surface area contributed by atoms with E-state index < -0.39 is 0 Å². The summed E-state index contributed by atoms with van der Waals surface area (Å²) in [6.07, 6.45) is 9.97. The Hall–Kier alpha value is -2.08. The average Bonchev–Trinajstić information content (AvgIpc) is 3.28. The molecule has 4 rings (SSSR count). The van der Waals surface area contributed by atoms with Gasteiger partial charge in [-0.3, -0.25) is 0 Å². The zero-order valence-electron chi connectivity index (χ0n) is 11.6. The second-order valence-corrected chi connectivity index (χ2v) is 6.17. The van der Waals surface area contributed by atoms with Gasteiger partial charge in [0.15, 0.2) is 11.0 Å². The van der Waals surface area contributed by atoms with Gasteiger partial charge in [-0.15, -0.1) is 0 Å². The number of hydrogen-bond acceptors (Lipinski definition) is 5. The van der Waals surface area contributed by atoms with Crippen LogP contribution in [0.5, 0.6) is 0 Å². The Morgan fingerprint density at radius 3 is 2.95 bits per heavy atom. The van der Waals surface area contributed by atoms with Crippen LogP contribution >= 0.6 is 11.3 Å². The molecule has 0 N–H and O–H groups in total. The molecule has 21 heavy (non-hydrogen) atoms. The van der Waals surface area contributed by atoms with Crippen LogP contribution in [0.1, 0.15) is 18.6 Å². The van der Waals surface area contributed by atoms with Crippen LogP contribution in [-0.2, 0) is 6.54 Å². The topological polar surface area (TPSA) is 47.1 Å². The highest BCUT2D eigenvalue weighted by atomic mass is 32.1. The molecule has 1 aliphatic heterocycles. The summed E-state index contributed by atoms with van der Waals surface area (Å²) in [6, 6.07) is 3.89. The molecule has 108 valence electrons. The summed E-state index contributed by atoms with van der Waals surface area (Å²) >= 11 is 1.72. The van der Waals surface area contributed by atoms with Crippen molar-refractivity contribution in [2.75, 3.05) is 18.0 Å². The van der Waals surface area contributed by atoms with Gasteiger partial charge < -0.3 is 13.9 Å². The molecule has 0 spiro atoms. The van der Waals surface area contributed by atoms with Crippen LogP contribution in [0, 0.1) is 0 Å². The Balaban J connectivity index is 1.60. The van der Waals surface area contributed by atoms with Gasteiger partial charge in [0, 0.05) is 25.5 Å². The first-order valence-corrected chi connectivity index (χ1v) is 7.96. The van der Waals surface area contributed by atoms with Crippen molar-refractivity contribution in [1.82, 2.24) is 14.5 Å². The Kier molecular flexibility index (Phi) is 3.23. The molecule has 0 saturated carbocycles. The molecule has 5 nitrogen and oxygen atoms in total. The van der Waals surface area contributed by atoms with Gasteiger partial charge >= 0.3 is 0 Å². The molecule has 0 unspecified atom stereocenters. The summed E-state index contributed by atoms with van der Waals surface area (Å²) in [5, 5.41) is 1.11. The molecular weight excluding hydrogens is 284 g/mol. The fourth-order valence-corrected chi connectivity index (χ4v) is 3.64. The van der Waals surface area contributed by atoms with Gasteiger partial charge in [0.05, 0.1) is 23.9 Å². The standard InChI is InChI=1S/C15H16N4OS/c1-2-7-18(6-1)15-17-10-13(21-15)14-16-5-8-19(14)11-12-4-3-9-20-12/h3-5,8-10H,1-2,6-7,11H2. The second kappa shape index (κ2) is 5.37. The first-order chi connectivity index (χ1) is 10.4. The molecule has 0 radical (unpaired) electrons. The minimum atomic E-state index is 0.694. The van der Waals surface area contributed by atoms with Crippen molar-refractivity contribution in [3.8, 4) is 10.7 Å². The highest BCUT2D eigenvalue weighted by Crippen LogP contribution is 2.32. The van der Waals surface area contributed by atoms with E-state index in [2.05, 4.69) is 19.4 Å². The van der Waals surface area contributed by atoms with Gasteiger partial charge in [0.2, 0.25) is 0 Å². The lowest BCUT2D eigenvalue weighted by molar-refractivity contribution is 0.494. The van der Waals surface area contributed by atoms with Crippen molar-refractivity contribution < 1.29 is 4.42 Å². The quantitative estimate of drug-likeness (QED) is 0.742. The smallest absolute Gasteiger partial charge is 0.185 e.